The van der Waals surface area contributed by atoms with Gasteiger partial charge in [0, 0.05) is 10.7 Å². The number of hydrogen-bond donors (Lipinski definition) is 2. The number of hydrogen-bond acceptors (Lipinski definition) is 2. The first-order chi connectivity index (χ1) is 7.58. The van der Waals surface area contributed by atoms with Crippen LogP contribution in [0.15, 0.2) is 18.2 Å². The van der Waals surface area contributed by atoms with Gasteiger partial charge >= 0.3 is 0 Å². The first-order valence-electron chi connectivity index (χ1n) is 5.26. The molecule has 1 rings (SSSR count). The number of amides is 1. The summed E-state index contributed by atoms with van der Waals surface area (Å²) in [7, 11) is 0. The van der Waals surface area contributed by atoms with E-state index in [1.54, 1.807) is 12.1 Å². The lowest BCUT2D eigenvalue weighted by molar-refractivity contribution is -0.121. The van der Waals surface area contributed by atoms with E-state index in [1.807, 2.05) is 19.9 Å². The van der Waals surface area contributed by atoms with Gasteiger partial charge in [0.1, 0.15) is 0 Å². The summed E-state index contributed by atoms with van der Waals surface area (Å²) in [6.07, 6.45) is 0.613. The summed E-state index contributed by atoms with van der Waals surface area (Å²) in [6, 6.07) is 5.33. The predicted octanol–water partition coefficient (Wildman–Crippen LogP) is 2.61. The minimum absolute atomic E-state index is 0.137. The summed E-state index contributed by atoms with van der Waals surface area (Å²) < 4.78 is 0. The van der Waals surface area contributed by atoms with Crippen molar-refractivity contribution in [3.8, 4) is 0 Å². The summed E-state index contributed by atoms with van der Waals surface area (Å²) in [5.74, 6) is -0.534. The van der Waals surface area contributed by atoms with Gasteiger partial charge in [-0.3, -0.25) is 4.79 Å². The Morgan fingerprint density at radius 3 is 2.81 bits per heavy atom. The van der Waals surface area contributed by atoms with Crippen molar-refractivity contribution in [2.24, 2.45) is 5.92 Å². The molecule has 4 heteroatoms. The minimum Gasteiger partial charge on any atom is -0.396 e. The second-order valence-electron chi connectivity index (χ2n) is 3.74. The third-order valence-corrected chi connectivity index (χ3v) is 2.78. The average Bonchev–Trinajstić information content (AvgIpc) is 2.25. The van der Waals surface area contributed by atoms with Crippen LogP contribution in [0.1, 0.15) is 18.9 Å². The van der Waals surface area contributed by atoms with Crippen LogP contribution in [0, 0.1) is 12.8 Å². The van der Waals surface area contributed by atoms with Gasteiger partial charge in [0.25, 0.3) is 0 Å². The molecule has 16 heavy (non-hydrogen) atoms. The number of carbonyl (C=O) groups excluding carboxylic acids is 1. The summed E-state index contributed by atoms with van der Waals surface area (Å²) >= 11 is 5.85. The lowest BCUT2D eigenvalue weighted by Gasteiger charge is -2.13. The number of carbonyl (C=O) groups is 1. The van der Waals surface area contributed by atoms with Crippen molar-refractivity contribution in [1.82, 2.24) is 0 Å². The fourth-order valence-electron chi connectivity index (χ4n) is 1.36. The van der Waals surface area contributed by atoms with Gasteiger partial charge in [-0.25, -0.2) is 0 Å². The van der Waals surface area contributed by atoms with Crippen LogP contribution in [0.5, 0.6) is 0 Å². The summed E-state index contributed by atoms with van der Waals surface area (Å²) in [4.78, 5) is 11.7. The number of aryl methyl sites for hydroxylation is 1. The Morgan fingerprint density at radius 1 is 1.56 bits per heavy atom. The standard InChI is InChI=1S/C12H16ClNO2/c1-3-9(7-15)12(16)14-11-6-10(13)5-4-8(11)2/h4-6,9,15H,3,7H2,1-2H3,(H,14,16). The van der Waals surface area contributed by atoms with Gasteiger partial charge in [0.2, 0.25) is 5.91 Å². The smallest absolute Gasteiger partial charge is 0.229 e. The van der Waals surface area contributed by atoms with Crippen molar-refractivity contribution in [3.05, 3.63) is 28.8 Å². The molecule has 0 aliphatic rings. The number of nitrogens with one attached hydrogen (secondary N) is 1. The monoisotopic (exact) mass is 241 g/mol. The Bertz CT molecular complexity index is 375. The molecule has 0 heterocycles. The van der Waals surface area contributed by atoms with Gasteiger partial charge in [0.15, 0.2) is 0 Å². The molecule has 0 saturated carbocycles. The number of aliphatic hydroxyl groups is 1. The minimum atomic E-state index is -0.363. The molecule has 0 bridgehead atoms. The molecule has 1 amide bonds. The highest BCUT2D eigenvalue weighted by atomic mass is 35.5. The van der Waals surface area contributed by atoms with Crippen LogP contribution >= 0.6 is 11.6 Å². The van der Waals surface area contributed by atoms with Gasteiger partial charge < -0.3 is 10.4 Å². The summed E-state index contributed by atoms with van der Waals surface area (Å²) in [5.41, 5.74) is 1.65. The fourth-order valence-corrected chi connectivity index (χ4v) is 1.53. The molecule has 0 aromatic heterocycles. The number of anilines is 1. The maximum atomic E-state index is 11.7. The van der Waals surface area contributed by atoms with Crippen molar-refractivity contribution in [1.29, 1.82) is 0 Å². The molecule has 0 radical (unpaired) electrons. The van der Waals surface area contributed by atoms with Crippen LogP contribution in [0.25, 0.3) is 0 Å². The van der Waals surface area contributed by atoms with Crippen LogP contribution in [-0.2, 0) is 4.79 Å². The number of rotatable bonds is 4. The second kappa shape index (κ2) is 5.87. The van der Waals surface area contributed by atoms with E-state index in [2.05, 4.69) is 5.32 Å². The van der Waals surface area contributed by atoms with E-state index in [0.29, 0.717) is 17.1 Å². The van der Waals surface area contributed by atoms with Crippen LogP contribution < -0.4 is 5.32 Å². The van der Waals surface area contributed by atoms with Gasteiger partial charge in [-0.2, -0.15) is 0 Å². The van der Waals surface area contributed by atoms with E-state index in [1.165, 1.54) is 0 Å². The Balaban J connectivity index is 2.80. The van der Waals surface area contributed by atoms with Crippen LogP contribution in [0.2, 0.25) is 5.02 Å². The molecule has 0 aliphatic carbocycles. The van der Waals surface area contributed by atoms with E-state index in [0.717, 1.165) is 5.56 Å². The molecule has 1 unspecified atom stereocenters. The van der Waals surface area contributed by atoms with Gasteiger partial charge in [-0.1, -0.05) is 24.6 Å². The molecule has 2 N–H and O–H groups in total. The van der Waals surface area contributed by atoms with Gasteiger partial charge in [-0.05, 0) is 31.0 Å². The highest BCUT2D eigenvalue weighted by Gasteiger charge is 2.15. The largest absolute Gasteiger partial charge is 0.396 e. The highest BCUT2D eigenvalue weighted by Crippen LogP contribution is 2.21. The molecule has 0 saturated heterocycles. The lowest BCUT2D eigenvalue weighted by atomic mass is 10.1. The van der Waals surface area contributed by atoms with E-state index in [9.17, 15) is 4.79 Å². The second-order valence-corrected chi connectivity index (χ2v) is 4.17. The zero-order valence-electron chi connectivity index (χ0n) is 9.46. The molecule has 0 fully saturated rings. The average molecular weight is 242 g/mol. The quantitative estimate of drug-likeness (QED) is 0.851. The Morgan fingerprint density at radius 2 is 2.25 bits per heavy atom. The van der Waals surface area contributed by atoms with Crippen molar-refractivity contribution in [2.45, 2.75) is 20.3 Å². The molecule has 1 atom stereocenters. The molecule has 3 nitrogen and oxygen atoms in total. The molecular formula is C12H16ClNO2. The maximum absolute atomic E-state index is 11.7. The number of halogens is 1. The Kier molecular flexibility index (Phi) is 4.77. The van der Waals surface area contributed by atoms with Crippen molar-refractivity contribution in [2.75, 3.05) is 11.9 Å². The van der Waals surface area contributed by atoms with Crippen molar-refractivity contribution < 1.29 is 9.90 Å². The molecule has 88 valence electrons. The lowest BCUT2D eigenvalue weighted by Crippen LogP contribution is -2.25. The highest BCUT2D eigenvalue weighted by molar-refractivity contribution is 6.31. The van der Waals surface area contributed by atoms with Crippen LogP contribution in [0.3, 0.4) is 0 Å². The summed E-state index contributed by atoms with van der Waals surface area (Å²) in [6.45, 7) is 3.62. The zero-order valence-corrected chi connectivity index (χ0v) is 10.2. The van der Waals surface area contributed by atoms with Crippen molar-refractivity contribution in [3.63, 3.8) is 0 Å². The molecule has 1 aromatic carbocycles. The van der Waals surface area contributed by atoms with E-state index in [-0.39, 0.29) is 18.4 Å². The number of benzene rings is 1. The third kappa shape index (κ3) is 3.22. The van der Waals surface area contributed by atoms with Crippen LogP contribution in [-0.4, -0.2) is 17.6 Å². The predicted molar refractivity (Wildman–Crippen MR) is 65.7 cm³/mol. The normalized spacial score (nSPS) is 12.2. The molecule has 0 spiro atoms. The molecular weight excluding hydrogens is 226 g/mol. The topological polar surface area (TPSA) is 49.3 Å². The first-order valence-corrected chi connectivity index (χ1v) is 5.64. The first kappa shape index (κ1) is 13.0. The van der Waals surface area contributed by atoms with Crippen molar-refractivity contribution >= 4 is 23.2 Å². The van der Waals surface area contributed by atoms with E-state index < -0.39 is 0 Å². The van der Waals surface area contributed by atoms with E-state index in [4.69, 9.17) is 16.7 Å². The zero-order chi connectivity index (χ0) is 12.1. The molecule has 1 aromatic rings. The Labute approximate surface area is 100 Å². The van der Waals surface area contributed by atoms with E-state index >= 15 is 0 Å². The number of aliphatic hydroxyl groups excluding tert-OH is 1. The summed E-state index contributed by atoms with van der Waals surface area (Å²) in [5, 5.41) is 12.4. The third-order valence-electron chi connectivity index (χ3n) is 2.54. The van der Waals surface area contributed by atoms with Crippen LogP contribution in [0.4, 0.5) is 5.69 Å². The van der Waals surface area contributed by atoms with Gasteiger partial charge in [0.05, 0.1) is 12.5 Å². The molecule has 0 aliphatic heterocycles. The Hall–Kier alpha value is -1.06. The maximum Gasteiger partial charge on any atom is 0.229 e. The SMILES string of the molecule is CCC(CO)C(=O)Nc1cc(Cl)ccc1C. The van der Waals surface area contributed by atoms with Gasteiger partial charge in [-0.15, -0.1) is 0 Å². The fraction of sp³-hybridized carbons (Fsp3) is 0.417.